The van der Waals surface area contributed by atoms with Crippen LogP contribution in [0.25, 0.3) is 10.2 Å². The molecule has 33 heavy (non-hydrogen) atoms. The molecule has 0 radical (unpaired) electrons. The van der Waals surface area contributed by atoms with Gasteiger partial charge in [0.2, 0.25) is 0 Å². The van der Waals surface area contributed by atoms with Gasteiger partial charge in [-0.25, -0.2) is 4.98 Å². The third-order valence-electron chi connectivity index (χ3n) is 5.45. The number of aliphatic hydroxyl groups is 1. The van der Waals surface area contributed by atoms with Crippen LogP contribution in [-0.2, 0) is 4.79 Å². The Morgan fingerprint density at radius 3 is 2.67 bits per heavy atom. The molecular formula is C24H18N2O5S2. The first kappa shape index (κ1) is 21.2. The maximum absolute atomic E-state index is 13.6. The summed E-state index contributed by atoms with van der Waals surface area (Å²) in [6.07, 6.45) is 0. The van der Waals surface area contributed by atoms with Gasteiger partial charge in [-0.1, -0.05) is 23.5 Å². The molecule has 0 aliphatic carbocycles. The lowest BCUT2D eigenvalue weighted by Gasteiger charge is -2.23. The number of ketones is 1. The quantitative estimate of drug-likeness (QED) is 0.385. The summed E-state index contributed by atoms with van der Waals surface area (Å²) in [5.41, 5.74) is 1.68. The van der Waals surface area contributed by atoms with Crippen molar-refractivity contribution in [3.63, 3.8) is 0 Å². The minimum absolute atomic E-state index is 0.000244. The number of fused-ring (bicyclic) bond motifs is 1. The number of aliphatic hydroxyl groups excluding tert-OH is 1. The van der Waals surface area contributed by atoms with Gasteiger partial charge in [-0.05, 0) is 52.7 Å². The van der Waals surface area contributed by atoms with Gasteiger partial charge < -0.3 is 14.6 Å². The number of thiophene rings is 1. The van der Waals surface area contributed by atoms with Gasteiger partial charge in [0, 0.05) is 0 Å². The predicted molar refractivity (Wildman–Crippen MR) is 128 cm³/mol. The number of hydrogen-bond acceptors (Lipinski definition) is 8. The number of ether oxygens (including phenoxy) is 2. The Bertz CT molecular complexity index is 1410. The van der Waals surface area contributed by atoms with E-state index in [0.717, 1.165) is 4.70 Å². The summed E-state index contributed by atoms with van der Waals surface area (Å²) in [6.45, 7) is 0. The number of para-hydroxylation sites is 1. The van der Waals surface area contributed by atoms with E-state index in [9.17, 15) is 14.7 Å². The zero-order chi connectivity index (χ0) is 23.1. The number of nitrogens with zero attached hydrogens (tertiary/aromatic N) is 2. The summed E-state index contributed by atoms with van der Waals surface area (Å²) in [5, 5.41) is 15.0. The molecule has 1 atom stereocenters. The van der Waals surface area contributed by atoms with E-state index in [1.54, 1.807) is 37.4 Å². The number of benzene rings is 2. The van der Waals surface area contributed by atoms with Crippen LogP contribution in [-0.4, -0.2) is 36.0 Å². The summed E-state index contributed by atoms with van der Waals surface area (Å²) >= 11 is 2.73. The normalized spacial score (nSPS) is 16.0. The van der Waals surface area contributed by atoms with E-state index in [1.165, 1.54) is 34.7 Å². The number of carbonyl (C=O) groups is 2. The number of anilines is 1. The first-order valence-corrected chi connectivity index (χ1v) is 11.7. The summed E-state index contributed by atoms with van der Waals surface area (Å²) in [7, 11) is 3.05. The Morgan fingerprint density at radius 1 is 1.12 bits per heavy atom. The van der Waals surface area contributed by atoms with Gasteiger partial charge in [0.25, 0.3) is 5.91 Å². The van der Waals surface area contributed by atoms with E-state index in [0.29, 0.717) is 27.7 Å². The molecule has 1 amide bonds. The number of Topliss-reactive ketones (excluding diaryl/α,β-unsaturated/α-hetero) is 1. The van der Waals surface area contributed by atoms with Crippen molar-refractivity contribution in [2.75, 3.05) is 19.1 Å². The molecule has 0 saturated carbocycles. The number of amides is 1. The second-order valence-corrected chi connectivity index (χ2v) is 9.05. The monoisotopic (exact) mass is 478 g/mol. The SMILES string of the molecule is COc1ccc2nc(N3C(=O)C(O)=C(C(=O)c4ccccc4OC)C3c3ccsc3)sc2c1. The fraction of sp³-hybridized carbons (Fsp3) is 0.125. The van der Waals surface area contributed by atoms with E-state index in [2.05, 4.69) is 4.98 Å². The highest BCUT2D eigenvalue weighted by Crippen LogP contribution is 2.45. The molecule has 2 aromatic carbocycles. The molecule has 1 aliphatic rings. The molecular weight excluding hydrogens is 460 g/mol. The zero-order valence-corrected chi connectivity index (χ0v) is 19.3. The predicted octanol–water partition coefficient (Wildman–Crippen LogP) is 5.16. The van der Waals surface area contributed by atoms with Crippen LogP contribution in [0.15, 0.2) is 70.6 Å². The second-order valence-electron chi connectivity index (χ2n) is 7.26. The highest BCUT2D eigenvalue weighted by Gasteiger charge is 2.46. The van der Waals surface area contributed by atoms with Crippen LogP contribution in [0, 0.1) is 0 Å². The van der Waals surface area contributed by atoms with Gasteiger partial charge in [-0.3, -0.25) is 14.5 Å². The Kier molecular flexibility index (Phi) is 5.35. The number of aromatic nitrogens is 1. The molecule has 1 aliphatic heterocycles. The second kappa shape index (κ2) is 8.34. The average Bonchev–Trinajstić information content (AvgIpc) is 3.56. The molecule has 4 aromatic rings. The molecule has 5 rings (SSSR count). The van der Waals surface area contributed by atoms with E-state index in [4.69, 9.17) is 9.47 Å². The fourth-order valence-electron chi connectivity index (χ4n) is 3.88. The molecule has 166 valence electrons. The molecule has 0 bridgehead atoms. The van der Waals surface area contributed by atoms with E-state index in [1.807, 2.05) is 29.0 Å². The third kappa shape index (κ3) is 3.46. The van der Waals surface area contributed by atoms with Crippen LogP contribution >= 0.6 is 22.7 Å². The largest absolute Gasteiger partial charge is 0.503 e. The first-order valence-electron chi connectivity index (χ1n) is 9.94. The summed E-state index contributed by atoms with van der Waals surface area (Å²) in [4.78, 5) is 32.9. The van der Waals surface area contributed by atoms with Gasteiger partial charge in [0.15, 0.2) is 16.7 Å². The average molecular weight is 479 g/mol. The van der Waals surface area contributed by atoms with Crippen molar-refractivity contribution in [3.05, 3.63) is 81.8 Å². The Morgan fingerprint density at radius 2 is 1.94 bits per heavy atom. The van der Waals surface area contributed by atoms with Gasteiger partial charge >= 0.3 is 0 Å². The van der Waals surface area contributed by atoms with Gasteiger partial charge in [0.05, 0.1) is 41.6 Å². The van der Waals surface area contributed by atoms with Crippen LogP contribution in [0.1, 0.15) is 22.0 Å². The van der Waals surface area contributed by atoms with Crippen LogP contribution in [0.2, 0.25) is 0 Å². The maximum Gasteiger partial charge on any atom is 0.296 e. The molecule has 9 heteroatoms. The minimum Gasteiger partial charge on any atom is -0.503 e. The standard InChI is InChI=1S/C24H18N2O5S2/c1-30-14-7-8-16-18(11-14)33-24(25-16)26-20(13-9-10-32-12-13)19(22(28)23(26)29)21(27)15-5-3-4-6-17(15)31-2/h3-12,20,28H,1-2H3. The third-order valence-corrected chi connectivity index (χ3v) is 7.17. The molecule has 7 nitrogen and oxygen atoms in total. The number of methoxy groups -OCH3 is 2. The molecule has 0 spiro atoms. The lowest BCUT2D eigenvalue weighted by atomic mass is 9.94. The number of carbonyl (C=O) groups excluding carboxylic acids is 2. The van der Waals surface area contributed by atoms with Crippen LogP contribution in [0.3, 0.4) is 0 Å². The Balaban J connectivity index is 1.65. The van der Waals surface area contributed by atoms with E-state index >= 15 is 0 Å². The van der Waals surface area contributed by atoms with Crippen molar-refractivity contribution in [2.45, 2.75) is 6.04 Å². The smallest absolute Gasteiger partial charge is 0.296 e. The topological polar surface area (TPSA) is 89.0 Å². The summed E-state index contributed by atoms with van der Waals surface area (Å²) in [6, 6.07) is 13.2. The van der Waals surface area contributed by atoms with Crippen LogP contribution < -0.4 is 14.4 Å². The maximum atomic E-state index is 13.6. The Labute approximate surface area is 197 Å². The van der Waals surface area contributed by atoms with Crippen molar-refractivity contribution in [1.82, 2.24) is 4.98 Å². The number of hydrogen-bond donors (Lipinski definition) is 1. The van der Waals surface area contributed by atoms with Crippen molar-refractivity contribution in [2.24, 2.45) is 0 Å². The number of thiazole rings is 1. The molecule has 2 aromatic heterocycles. The van der Waals surface area contributed by atoms with Crippen molar-refractivity contribution >= 4 is 49.7 Å². The highest BCUT2D eigenvalue weighted by atomic mass is 32.1. The van der Waals surface area contributed by atoms with Gasteiger partial charge in [0.1, 0.15) is 11.5 Å². The lowest BCUT2D eigenvalue weighted by Crippen LogP contribution is -2.30. The molecule has 0 fully saturated rings. The van der Waals surface area contributed by atoms with Gasteiger partial charge in [-0.2, -0.15) is 11.3 Å². The first-order chi connectivity index (χ1) is 16.0. The summed E-state index contributed by atoms with van der Waals surface area (Å²) < 4.78 is 11.5. The molecule has 1 unspecified atom stereocenters. The Hall–Kier alpha value is -3.69. The van der Waals surface area contributed by atoms with Crippen molar-refractivity contribution in [3.8, 4) is 11.5 Å². The molecule has 0 saturated heterocycles. The highest BCUT2D eigenvalue weighted by molar-refractivity contribution is 7.22. The van der Waals surface area contributed by atoms with E-state index < -0.39 is 23.5 Å². The number of rotatable bonds is 6. The lowest BCUT2D eigenvalue weighted by molar-refractivity contribution is -0.117. The zero-order valence-electron chi connectivity index (χ0n) is 17.6. The van der Waals surface area contributed by atoms with Crippen LogP contribution in [0.5, 0.6) is 11.5 Å². The van der Waals surface area contributed by atoms with E-state index in [-0.39, 0.29) is 11.1 Å². The van der Waals surface area contributed by atoms with Gasteiger partial charge in [-0.15, -0.1) is 0 Å². The fourth-order valence-corrected chi connectivity index (χ4v) is 5.58. The minimum atomic E-state index is -0.816. The van der Waals surface area contributed by atoms with Crippen LogP contribution in [0.4, 0.5) is 5.13 Å². The van der Waals surface area contributed by atoms with Crippen molar-refractivity contribution < 1.29 is 24.2 Å². The molecule has 3 heterocycles. The molecule has 1 N–H and O–H groups in total. The van der Waals surface area contributed by atoms with Crippen molar-refractivity contribution in [1.29, 1.82) is 0 Å². The summed E-state index contributed by atoms with van der Waals surface area (Å²) in [5.74, 6) is -0.688.